The molecule has 5 rings (SSSR count). The molecule has 34 heavy (non-hydrogen) atoms. The molecule has 9 heteroatoms. The average Bonchev–Trinajstić information content (AvgIpc) is 3.15. The third kappa shape index (κ3) is 4.31. The van der Waals surface area contributed by atoms with Crippen LogP contribution in [0, 0.1) is 5.82 Å². The number of rotatable bonds is 5. The number of nitrogens with two attached hydrogens (primary N) is 1. The molecule has 0 aliphatic carbocycles. The van der Waals surface area contributed by atoms with Gasteiger partial charge in [-0.15, -0.1) is 0 Å². The summed E-state index contributed by atoms with van der Waals surface area (Å²) in [6.45, 7) is 1.37. The number of carbonyl (C=O) groups excluding carboxylic acids is 1. The van der Waals surface area contributed by atoms with E-state index in [0.717, 1.165) is 29.7 Å². The van der Waals surface area contributed by atoms with Gasteiger partial charge in [0.05, 0.1) is 24.5 Å². The topological polar surface area (TPSA) is 102 Å². The van der Waals surface area contributed by atoms with Crippen LogP contribution in [0.4, 0.5) is 10.2 Å². The molecule has 176 valence electrons. The summed E-state index contributed by atoms with van der Waals surface area (Å²) in [6, 6.07) is 9.20. The summed E-state index contributed by atoms with van der Waals surface area (Å²) in [6.07, 6.45) is 3.52. The molecule has 2 aliphatic heterocycles. The van der Waals surface area contributed by atoms with E-state index in [1.165, 1.54) is 12.1 Å². The first-order chi connectivity index (χ1) is 16.4. The highest BCUT2D eigenvalue weighted by molar-refractivity contribution is 9.10. The van der Waals surface area contributed by atoms with E-state index in [2.05, 4.69) is 20.9 Å². The van der Waals surface area contributed by atoms with Crippen molar-refractivity contribution in [3.63, 3.8) is 0 Å². The third-order valence-corrected chi connectivity index (χ3v) is 6.95. The lowest BCUT2D eigenvalue weighted by Gasteiger charge is -2.26. The lowest BCUT2D eigenvalue weighted by atomic mass is 9.96. The number of carbonyl (C=O) groups is 1. The molecule has 1 aromatic heterocycles. The highest BCUT2D eigenvalue weighted by Crippen LogP contribution is 2.36. The fraction of sp³-hybridized carbons (Fsp3) is 0.320. The van der Waals surface area contributed by atoms with E-state index in [0.29, 0.717) is 40.3 Å². The summed E-state index contributed by atoms with van der Waals surface area (Å²) in [5.41, 5.74) is 10.3. The number of fused-ring (bicyclic) bond motifs is 1. The molecule has 2 aliphatic rings. The predicted octanol–water partition coefficient (Wildman–Crippen LogP) is 4.21. The van der Waals surface area contributed by atoms with Crippen LogP contribution >= 0.6 is 15.9 Å². The molecular weight excluding hydrogens is 503 g/mol. The van der Waals surface area contributed by atoms with Gasteiger partial charge in [-0.3, -0.25) is 4.79 Å². The molecule has 3 aromatic rings. The SMILES string of the molecule is Nc1ncc(C2CCOCC2)nc1-c1ccc2c(c1)CN(C(CO)c1cc(F)cc(Br)c1)C2=O. The highest BCUT2D eigenvalue weighted by Gasteiger charge is 2.34. The maximum Gasteiger partial charge on any atom is 0.255 e. The predicted molar refractivity (Wildman–Crippen MR) is 128 cm³/mol. The fourth-order valence-corrected chi connectivity index (χ4v) is 5.19. The molecule has 7 nitrogen and oxygen atoms in total. The summed E-state index contributed by atoms with van der Waals surface area (Å²) >= 11 is 3.28. The number of anilines is 1. The van der Waals surface area contributed by atoms with Gasteiger partial charge in [0.2, 0.25) is 0 Å². The number of benzene rings is 2. The normalized spacial score (nSPS) is 17.1. The molecule has 2 aromatic carbocycles. The smallest absolute Gasteiger partial charge is 0.255 e. The average molecular weight is 527 g/mol. The van der Waals surface area contributed by atoms with Crippen LogP contribution in [0.5, 0.6) is 0 Å². The second-order valence-corrected chi connectivity index (χ2v) is 9.54. The van der Waals surface area contributed by atoms with E-state index in [4.69, 9.17) is 15.5 Å². The van der Waals surface area contributed by atoms with E-state index < -0.39 is 11.9 Å². The van der Waals surface area contributed by atoms with E-state index in [-0.39, 0.29) is 25.0 Å². The Labute approximate surface area is 204 Å². The van der Waals surface area contributed by atoms with Crippen LogP contribution in [0.15, 0.2) is 47.1 Å². The summed E-state index contributed by atoms with van der Waals surface area (Å²) < 4.78 is 20.0. The monoisotopic (exact) mass is 526 g/mol. The van der Waals surface area contributed by atoms with E-state index >= 15 is 0 Å². The fourth-order valence-electron chi connectivity index (χ4n) is 4.71. The van der Waals surface area contributed by atoms with Gasteiger partial charge in [0.15, 0.2) is 0 Å². The lowest BCUT2D eigenvalue weighted by molar-refractivity contribution is 0.0615. The first-order valence-corrected chi connectivity index (χ1v) is 11.9. The van der Waals surface area contributed by atoms with E-state index in [1.54, 1.807) is 23.2 Å². The number of hydrogen-bond acceptors (Lipinski definition) is 6. The van der Waals surface area contributed by atoms with Crippen LogP contribution in [0.2, 0.25) is 0 Å². The van der Waals surface area contributed by atoms with Crippen LogP contribution in [0.3, 0.4) is 0 Å². The standard InChI is InChI=1S/C25H24BrFN4O3/c26-18-8-16(9-19(27)10-18)22(13-32)31-12-17-7-15(1-2-20(17)25(31)33)23-24(28)29-11-21(30-23)14-3-5-34-6-4-14/h1-2,7-11,14,22,32H,3-6,12-13H2,(H2,28,29). The van der Waals surface area contributed by atoms with Gasteiger partial charge in [0, 0.05) is 41.3 Å². The summed E-state index contributed by atoms with van der Waals surface area (Å²) in [5, 5.41) is 10.1. The zero-order chi connectivity index (χ0) is 23.8. The van der Waals surface area contributed by atoms with E-state index in [9.17, 15) is 14.3 Å². The maximum atomic E-state index is 14.0. The molecule has 0 bridgehead atoms. The Morgan fingerprint density at radius 1 is 1.24 bits per heavy atom. The molecule has 1 amide bonds. The molecule has 1 fully saturated rings. The van der Waals surface area contributed by atoms with Crippen molar-refractivity contribution in [2.75, 3.05) is 25.6 Å². The zero-order valence-electron chi connectivity index (χ0n) is 18.4. The largest absolute Gasteiger partial charge is 0.394 e. The number of amides is 1. The molecular formula is C25H24BrFN4O3. The van der Waals surface area contributed by atoms with Crippen molar-refractivity contribution in [2.45, 2.75) is 31.3 Å². The van der Waals surface area contributed by atoms with Gasteiger partial charge in [-0.1, -0.05) is 22.0 Å². The summed E-state index contributed by atoms with van der Waals surface area (Å²) in [7, 11) is 0. The Balaban J connectivity index is 1.45. The number of aliphatic hydroxyl groups excluding tert-OH is 1. The molecule has 0 saturated carbocycles. The van der Waals surface area contributed by atoms with Crippen LogP contribution in [0.25, 0.3) is 11.3 Å². The summed E-state index contributed by atoms with van der Waals surface area (Å²) in [4.78, 5) is 23.9. The van der Waals surface area contributed by atoms with Crippen molar-refractivity contribution in [1.29, 1.82) is 0 Å². The van der Waals surface area contributed by atoms with Gasteiger partial charge in [-0.05, 0) is 54.3 Å². The Hall–Kier alpha value is -2.88. The van der Waals surface area contributed by atoms with Crippen molar-refractivity contribution in [3.05, 3.63) is 75.3 Å². The van der Waals surface area contributed by atoms with Crippen molar-refractivity contribution in [2.24, 2.45) is 0 Å². The lowest BCUT2D eigenvalue weighted by Crippen LogP contribution is -2.31. The Kier molecular flexibility index (Phi) is 6.33. The molecule has 1 unspecified atom stereocenters. The number of aromatic nitrogens is 2. The second-order valence-electron chi connectivity index (χ2n) is 8.62. The van der Waals surface area contributed by atoms with Gasteiger partial charge < -0.3 is 20.5 Å². The molecule has 3 heterocycles. The van der Waals surface area contributed by atoms with Crippen LogP contribution in [-0.2, 0) is 11.3 Å². The number of ether oxygens (including phenoxy) is 1. The van der Waals surface area contributed by atoms with Crippen molar-refractivity contribution < 1.29 is 19.0 Å². The maximum absolute atomic E-state index is 14.0. The molecule has 3 N–H and O–H groups in total. The Morgan fingerprint density at radius 3 is 2.76 bits per heavy atom. The van der Waals surface area contributed by atoms with Crippen LogP contribution in [0.1, 0.15) is 52.0 Å². The van der Waals surface area contributed by atoms with Crippen molar-refractivity contribution in [1.82, 2.24) is 14.9 Å². The van der Waals surface area contributed by atoms with Crippen LogP contribution in [-0.4, -0.2) is 45.7 Å². The highest BCUT2D eigenvalue weighted by atomic mass is 79.9. The molecule has 1 saturated heterocycles. The Morgan fingerprint density at radius 2 is 2.03 bits per heavy atom. The van der Waals surface area contributed by atoms with E-state index in [1.807, 2.05) is 12.1 Å². The van der Waals surface area contributed by atoms with Crippen LogP contribution < -0.4 is 5.73 Å². The minimum atomic E-state index is -0.669. The van der Waals surface area contributed by atoms with Crippen molar-refractivity contribution >= 4 is 27.7 Å². The first-order valence-electron chi connectivity index (χ1n) is 11.2. The quantitative estimate of drug-likeness (QED) is 0.516. The number of nitrogen functional groups attached to an aromatic ring is 1. The van der Waals surface area contributed by atoms with Gasteiger partial charge >= 0.3 is 0 Å². The minimum absolute atomic E-state index is 0.212. The molecule has 0 spiro atoms. The summed E-state index contributed by atoms with van der Waals surface area (Å²) in [5.74, 6) is -0.0403. The van der Waals surface area contributed by atoms with Gasteiger partial charge in [0.1, 0.15) is 17.3 Å². The minimum Gasteiger partial charge on any atom is -0.394 e. The zero-order valence-corrected chi connectivity index (χ0v) is 20.0. The van der Waals surface area contributed by atoms with Gasteiger partial charge in [-0.25, -0.2) is 14.4 Å². The second kappa shape index (κ2) is 9.40. The number of halogens is 2. The number of hydrogen-bond donors (Lipinski definition) is 2. The first kappa shape index (κ1) is 22.9. The van der Waals surface area contributed by atoms with Crippen molar-refractivity contribution in [3.8, 4) is 11.3 Å². The Bertz CT molecular complexity index is 1230. The van der Waals surface area contributed by atoms with Gasteiger partial charge in [0.25, 0.3) is 5.91 Å². The molecule has 1 atom stereocenters. The van der Waals surface area contributed by atoms with Gasteiger partial charge in [-0.2, -0.15) is 0 Å². The number of nitrogens with zero attached hydrogens (tertiary/aromatic N) is 3. The number of aliphatic hydroxyl groups is 1. The third-order valence-electron chi connectivity index (χ3n) is 6.49. The molecule has 0 radical (unpaired) electrons.